The van der Waals surface area contributed by atoms with E-state index in [0.717, 1.165) is 41.0 Å². The van der Waals surface area contributed by atoms with Crippen LogP contribution in [-0.2, 0) is 11.2 Å². The molecular formula is C27H39NO6S. The molecule has 7 nitrogen and oxygen atoms in total. The summed E-state index contributed by atoms with van der Waals surface area (Å²) in [6, 6.07) is 13.9. The van der Waals surface area contributed by atoms with Crippen LogP contribution in [-0.4, -0.2) is 75.7 Å². The summed E-state index contributed by atoms with van der Waals surface area (Å²) < 4.78 is 11.8. The highest BCUT2D eigenvalue weighted by atomic mass is 32.2. The van der Waals surface area contributed by atoms with Crippen LogP contribution >= 0.6 is 11.8 Å². The first-order valence-electron chi connectivity index (χ1n) is 12.0. The third-order valence-corrected chi connectivity index (χ3v) is 7.26. The van der Waals surface area contributed by atoms with Crippen molar-refractivity contribution >= 4 is 11.8 Å². The van der Waals surface area contributed by atoms with Crippen LogP contribution in [0.25, 0.3) is 0 Å². The molecule has 1 unspecified atom stereocenters. The van der Waals surface area contributed by atoms with Gasteiger partial charge in [-0.1, -0.05) is 30.3 Å². The van der Waals surface area contributed by atoms with Crippen LogP contribution in [0, 0.1) is 6.92 Å². The Kier molecular flexibility index (Phi) is 10.0. The van der Waals surface area contributed by atoms with E-state index in [-0.39, 0.29) is 12.1 Å². The number of nitrogens with one attached hydrogen (secondary N) is 1. The van der Waals surface area contributed by atoms with Crippen molar-refractivity contribution in [2.24, 2.45) is 0 Å². The number of aryl methyl sites for hydroxylation is 1. The molecule has 8 heteroatoms. The van der Waals surface area contributed by atoms with Crippen molar-refractivity contribution in [3.8, 4) is 5.75 Å². The molecule has 1 heterocycles. The molecule has 2 aromatic rings. The summed E-state index contributed by atoms with van der Waals surface area (Å²) in [7, 11) is 0. The first kappa shape index (κ1) is 27.9. The zero-order valence-corrected chi connectivity index (χ0v) is 21.8. The highest BCUT2D eigenvalue weighted by Gasteiger charge is 2.44. The Balaban J connectivity index is 1.60. The minimum Gasteiger partial charge on any atom is -0.494 e. The molecule has 194 valence electrons. The Bertz CT molecular complexity index is 936. The quantitative estimate of drug-likeness (QED) is 0.296. The second kappa shape index (κ2) is 12.5. The standard InChI is InChI=1S/C27H39NO6S/c1-17-6-9-19(25-23(31)22(30)24(32)26(34-25)35-4)15-20(17)14-18-7-10-21(11-8-18)33-13-5-12-28-27(2,3)16-29/h6-11,15,22-26,28-32H,5,12-14,16H2,1-4H3/t22-,23-,24+,25?,26-/m1/s1. The molecule has 0 aliphatic carbocycles. The van der Waals surface area contributed by atoms with E-state index >= 15 is 0 Å². The van der Waals surface area contributed by atoms with E-state index in [9.17, 15) is 20.4 Å². The summed E-state index contributed by atoms with van der Waals surface area (Å²) >= 11 is 1.31. The van der Waals surface area contributed by atoms with E-state index < -0.39 is 29.9 Å². The fourth-order valence-electron chi connectivity index (χ4n) is 4.05. The van der Waals surface area contributed by atoms with Gasteiger partial charge in [0.15, 0.2) is 0 Å². The van der Waals surface area contributed by atoms with Gasteiger partial charge in [-0.25, -0.2) is 0 Å². The van der Waals surface area contributed by atoms with Gasteiger partial charge in [-0.3, -0.25) is 0 Å². The van der Waals surface area contributed by atoms with Crippen molar-refractivity contribution in [3.63, 3.8) is 0 Å². The van der Waals surface area contributed by atoms with E-state index in [2.05, 4.69) is 5.32 Å². The van der Waals surface area contributed by atoms with Crippen LogP contribution < -0.4 is 10.1 Å². The van der Waals surface area contributed by atoms with Crippen LogP contribution in [0.2, 0.25) is 0 Å². The third kappa shape index (κ3) is 7.43. The third-order valence-electron chi connectivity index (χ3n) is 6.41. The molecular weight excluding hydrogens is 466 g/mol. The van der Waals surface area contributed by atoms with Gasteiger partial charge < -0.3 is 35.2 Å². The predicted octanol–water partition coefficient (Wildman–Crippen LogP) is 2.56. The fourth-order valence-corrected chi connectivity index (χ4v) is 4.72. The van der Waals surface area contributed by atoms with Crippen molar-refractivity contribution in [1.82, 2.24) is 5.32 Å². The van der Waals surface area contributed by atoms with Gasteiger partial charge in [-0.05, 0) is 80.8 Å². The number of aliphatic hydroxyl groups is 4. The maximum atomic E-state index is 10.5. The Labute approximate surface area is 212 Å². The van der Waals surface area contributed by atoms with Crippen molar-refractivity contribution in [2.75, 3.05) is 26.0 Å². The fraction of sp³-hybridized carbons (Fsp3) is 0.556. The summed E-state index contributed by atoms with van der Waals surface area (Å²) in [6.45, 7) is 7.43. The van der Waals surface area contributed by atoms with Gasteiger partial charge in [0.05, 0.1) is 13.2 Å². The minimum absolute atomic E-state index is 0.0926. The van der Waals surface area contributed by atoms with E-state index in [4.69, 9.17) is 9.47 Å². The molecule has 1 saturated heterocycles. The minimum atomic E-state index is -1.26. The van der Waals surface area contributed by atoms with Crippen LogP contribution in [0.5, 0.6) is 5.75 Å². The molecule has 5 atom stereocenters. The topological polar surface area (TPSA) is 111 Å². The van der Waals surface area contributed by atoms with Crippen LogP contribution in [0.3, 0.4) is 0 Å². The molecule has 0 spiro atoms. The zero-order chi connectivity index (χ0) is 25.6. The second-order valence-electron chi connectivity index (χ2n) is 9.81. The number of rotatable bonds is 11. The Morgan fingerprint density at radius 2 is 1.74 bits per heavy atom. The molecule has 0 bridgehead atoms. The van der Waals surface area contributed by atoms with Crippen molar-refractivity contribution in [1.29, 1.82) is 0 Å². The lowest BCUT2D eigenvalue weighted by Gasteiger charge is -2.40. The summed E-state index contributed by atoms with van der Waals surface area (Å²) in [6.07, 6.45) is -0.956. The molecule has 0 radical (unpaired) electrons. The first-order valence-corrected chi connectivity index (χ1v) is 13.3. The van der Waals surface area contributed by atoms with E-state index in [0.29, 0.717) is 13.0 Å². The van der Waals surface area contributed by atoms with E-state index in [1.807, 2.05) is 63.2 Å². The molecule has 0 saturated carbocycles. The molecule has 0 amide bonds. The Morgan fingerprint density at radius 1 is 1.03 bits per heavy atom. The van der Waals surface area contributed by atoms with Gasteiger partial charge in [-0.15, -0.1) is 11.8 Å². The van der Waals surface area contributed by atoms with Crippen LogP contribution in [0.4, 0.5) is 0 Å². The van der Waals surface area contributed by atoms with Crippen molar-refractivity contribution in [3.05, 3.63) is 64.7 Å². The molecule has 2 aromatic carbocycles. The van der Waals surface area contributed by atoms with Gasteiger partial charge in [0, 0.05) is 5.54 Å². The first-order chi connectivity index (χ1) is 16.6. The Hall–Kier alpha value is -1.65. The van der Waals surface area contributed by atoms with Crippen molar-refractivity contribution < 1.29 is 29.9 Å². The Morgan fingerprint density at radius 3 is 2.40 bits per heavy atom. The van der Waals surface area contributed by atoms with Gasteiger partial charge in [0.2, 0.25) is 0 Å². The summed E-state index contributed by atoms with van der Waals surface area (Å²) in [4.78, 5) is 0. The summed E-state index contributed by atoms with van der Waals surface area (Å²) in [5.74, 6) is 0.815. The number of ether oxygens (including phenoxy) is 2. The predicted molar refractivity (Wildman–Crippen MR) is 139 cm³/mol. The monoisotopic (exact) mass is 505 g/mol. The lowest BCUT2D eigenvalue weighted by molar-refractivity contribution is -0.200. The van der Waals surface area contributed by atoms with E-state index in [1.165, 1.54) is 11.8 Å². The smallest absolute Gasteiger partial charge is 0.132 e. The normalized spacial score (nSPS) is 25.0. The number of hydrogen-bond acceptors (Lipinski definition) is 8. The lowest BCUT2D eigenvalue weighted by atomic mass is 9.91. The van der Waals surface area contributed by atoms with Crippen LogP contribution in [0.1, 0.15) is 48.6 Å². The number of hydrogen-bond donors (Lipinski definition) is 5. The number of thioether (sulfide) groups is 1. The maximum absolute atomic E-state index is 10.5. The summed E-state index contributed by atoms with van der Waals surface area (Å²) in [5, 5.41) is 43.5. The number of aliphatic hydroxyl groups excluding tert-OH is 4. The largest absolute Gasteiger partial charge is 0.494 e. The van der Waals surface area contributed by atoms with E-state index in [1.54, 1.807) is 6.26 Å². The molecule has 0 aromatic heterocycles. The number of benzene rings is 2. The average Bonchev–Trinajstić information content (AvgIpc) is 2.85. The lowest BCUT2D eigenvalue weighted by Crippen LogP contribution is -2.52. The second-order valence-corrected chi connectivity index (χ2v) is 10.7. The maximum Gasteiger partial charge on any atom is 0.132 e. The highest BCUT2D eigenvalue weighted by Crippen LogP contribution is 2.36. The van der Waals surface area contributed by atoms with Gasteiger partial charge in [0.25, 0.3) is 0 Å². The molecule has 1 aliphatic rings. The zero-order valence-electron chi connectivity index (χ0n) is 21.0. The molecule has 3 rings (SSSR count). The molecule has 1 aliphatic heterocycles. The van der Waals surface area contributed by atoms with Gasteiger partial charge in [0.1, 0.15) is 35.6 Å². The van der Waals surface area contributed by atoms with Crippen molar-refractivity contribution in [2.45, 2.75) is 69.0 Å². The van der Waals surface area contributed by atoms with Gasteiger partial charge in [-0.2, -0.15) is 0 Å². The van der Waals surface area contributed by atoms with Gasteiger partial charge >= 0.3 is 0 Å². The molecule has 5 N–H and O–H groups in total. The average molecular weight is 506 g/mol. The highest BCUT2D eigenvalue weighted by molar-refractivity contribution is 7.99. The molecule has 35 heavy (non-hydrogen) atoms. The summed E-state index contributed by atoms with van der Waals surface area (Å²) in [5.41, 5.74) is 3.25. The molecule has 1 fully saturated rings. The SMILES string of the molecule is CS[C@H]1OC(c2ccc(C)c(Cc3ccc(OCCCNC(C)(C)CO)cc3)c2)[C@H](O)[C@@H](O)[C@@H]1O. The van der Waals surface area contributed by atoms with Crippen LogP contribution in [0.15, 0.2) is 42.5 Å².